The summed E-state index contributed by atoms with van der Waals surface area (Å²) in [5.41, 5.74) is 1.28. The maximum atomic E-state index is 2.26. The quantitative estimate of drug-likeness (QED) is 0.736. The van der Waals surface area contributed by atoms with Crippen LogP contribution in [-0.4, -0.2) is 12.5 Å². The molecule has 0 aliphatic carbocycles. The molecule has 0 saturated carbocycles. The maximum Gasteiger partial charge on any atom is 0.0657 e. The van der Waals surface area contributed by atoms with Gasteiger partial charge in [-0.1, -0.05) is 53.9 Å². The van der Waals surface area contributed by atoms with Crippen LogP contribution in [0.2, 0.25) is 0 Å². The standard InChI is InChI=1S/C12H12S4/c1-13-11-12(14-2)16-10(15-11)8-9-6-4-3-5-7-9/h3-8H,1-2H3. The second-order valence-electron chi connectivity index (χ2n) is 3.06. The van der Waals surface area contributed by atoms with E-state index in [1.165, 1.54) is 18.3 Å². The van der Waals surface area contributed by atoms with E-state index in [9.17, 15) is 0 Å². The smallest absolute Gasteiger partial charge is 0.0657 e. The monoisotopic (exact) mass is 284 g/mol. The van der Waals surface area contributed by atoms with Crippen LogP contribution in [0.3, 0.4) is 0 Å². The Morgan fingerprint density at radius 1 is 0.938 bits per heavy atom. The van der Waals surface area contributed by atoms with E-state index in [1.807, 2.05) is 47.0 Å². The van der Waals surface area contributed by atoms with Crippen LogP contribution in [0, 0.1) is 0 Å². The van der Waals surface area contributed by atoms with Gasteiger partial charge in [-0.15, -0.1) is 23.5 Å². The van der Waals surface area contributed by atoms with Gasteiger partial charge in [0, 0.05) is 0 Å². The van der Waals surface area contributed by atoms with Crippen LogP contribution in [0.5, 0.6) is 0 Å². The number of hydrogen-bond donors (Lipinski definition) is 0. The first-order chi connectivity index (χ1) is 7.83. The van der Waals surface area contributed by atoms with E-state index in [1.54, 1.807) is 0 Å². The topological polar surface area (TPSA) is 0 Å². The molecule has 0 fully saturated rings. The molecule has 1 aliphatic rings. The second-order valence-corrected chi connectivity index (χ2v) is 7.57. The molecule has 4 heteroatoms. The number of hydrogen-bond acceptors (Lipinski definition) is 4. The minimum absolute atomic E-state index is 1.28. The van der Waals surface area contributed by atoms with E-state index >= 15 is 0 Å². The third-order valence-corrected chi connectivity index (χ3v) is 7.09. The van der Waals surface area contributed by atoms with Crippen molar-refractivity contribution in [3.05, 3.63) is 48.6 Å². The molecular formula is C12H12S4. The molecule has 0 N–H and O–H groups in total. The lowest BCUT2D eigenvalue weighted by Crippen LogP contribution is -1.69. The Labute approximate surface area is 114 Å². The number of benzene rings is 1. The molecule has 0 unspecified atom stereocenters. The lowest BCUT2D eigenvalue weighted by atomic mass is 10.2. The van der Waals surface area contributed by atoms with E-state index < -0.39 is 0 Å². The Bertz CT molecular complexity index is 402. The zero-order valence-electron chi connectivity index (χ0n) is 9.10. The molecule has 0 bridgehead atoms. The van der Waals surface area contributed by atoms with E-state index in [4.69, 9.17) is 0 Å². The van der Waals surface area contributed by atoms with Crippen LogP contribution >= 0.6 is 47.0 Å². The molecular weight excluding hydrogens is 272 g/mol. The van der Waals surface area contributed by atoms with E-state index in [0.717, 1.165) is 0 Å². The zero-order valence-corrected chi connectivity index (χ0v) is 12.4. The summed E-state index contributed by atoms with van der Waals surface area (Å²) in [6.07, 6.45) is 6.55. The van der Waals surface area contributed by atoms with Gasteiger partial charge >= 0.3 is 0 Å². The van der Waals surface area contributed by atoms with Crippen molar-refractivity contribution in [2.75, 3.05) is 12.5 Å². The fourth-order valence-corrected chi connectivity index (χ4v) is 6.23. The predicted molar refractivity (Wildman–Crippen MR) is 83.7 cm³/mol. The average molecular weight is 284 g/mol. The van der Waals surface area contributed by atoms with Gasteiger partial charge in [0.05, 0.1) is 12.7 Å². The van der Waals surface area contributed by atoms with E-state index in [0.29, 0.717) is 0 Å². The Balaban J connectivity index is 2.14. The van der Waals surface area contributed by atoms with Gasteiger partial charge in [0.1, 0.15) is 0 Å². The first-order valence-electron chi connectivity index (χ1n) is 4.78. The summed E-state index contributed by atoms with van der Waals surface area (Å²) in [5.74, 6) is 0. The first-order valence-corrected chi connectivity index (χ1v) is 8.86. The summed E-state index contributed by atoms with van der Waals surface area (Å²) in [7, 11) is 0. The Hall–Kier alpha value is 0.1000. The van der Waals surface area contributed by atoms with Crippen molar-refractivity contribution in [2.45, 2.75) is 0 Å². The highest BCUT2D eigenvalue weighted by atomic mass is 32.3. The van der Waals surface area contributed by atoms with Crippen LogP contribution in [0.15, 0.2) is 43.0 Å². The molecule has 0 amide bonds. The highest BCUT2D eigenvalue weighted by Crippen LogP contribution is 2.56. The Morgan fingerprint density at radius 2 is 1.50 bits per heavy atom. The fraction of sp³-hybridized carbons (Fsp3) is 0.167. The Kier molecular flexibility index (Phi) is 4.82. The van der Waals surface area contributed by atoms with Crippen LogP contribution < -0.4 is 0 Å². The van der Waals surface area contributed by atoms with Crippen LogP contribution in [0.4, 0.5) is 0 Å². The van der Waals surface area contributed by atoms with E-state index in [2.05, 4.69) is 48.9 Å². The van der Waals surface area contributed by atoms with Crippen LogP contribution in [-0.2, 0) is 0 Å². The van der Waals surface area contributed by atoms with Gasteiger partial charge in [-0.05, 0) is 24.2 Å². The highest BCUT2D eigenvalue weighted by Gasteiger charge is 2.19. The minimum atomic E-state index is 1.28. The molecule has 1 heterocycles. The van der Waals surface area contributed by atoms with Gasteiger partial charge in [0.2, 0.25) is 0 Å². The third kappa shape index (κ3) is 3.06. The molecule has 0 radical (unpaired) electrons. The Morgan fingerprint density at radius 3 is 2.00 bits per heavy atom. The summed E-state index contributed by atoms with van der Waals surface area (Å²) in [4.78, 5) is 0. The molecule has 0 saturated heterocycles. The van der Waals surface area contributed by atoms with Crippen molar-refractivity contribution in [3.8, 4) is 0 Å². The maximum absolute atomic E-state index is 2.26. The zero-order chi connectivity index (χ0) is 11.4. The molecule has 0 aromatic heterocycles. The van der Waals surface area contributed by atoms with Crippen LogP contribution in [0.25, 0.3) is 6.08 Å². The normalized spacial score (nSPS) is 15.8. The summed E-state index contributed by atoms with van der Waals surface area (Å²) < 4.78 is 4.24. The first kappa shape index (κ1) is 12.6. The van der Waals surface area contributed by atoms with Crippen molar-refractivity contribution in [3.63, 3.8) is 0 Å². The van der Waals surface area contributed by atoms with Gasteiger partial charge < -0.3 is 0 Å². The molecule has 0 atom stereocenters. The minimum Gasteiger partial charge on any atom is -0.121 e. The summed E-state index contributed by atoms with van der Waals surface area (Å²) >= 11 is 7.45. The number of rotatable bonds is 3. The summed E-state index contributed by atoms with van der Waals surface area (Å²) in [6, 6.07) is 10.5. The number of thioether (sulfide) groups is 4. The highest BCUT2D eigenvalue weighted by molar-refractivity contribution is 8.40. The molecule has 0 spiro atoms. The van der Waals surface area contributed by atoms with Crippen molar-refractivity contribution in [1.82, 2.24) is 0 Å². The largest absolute Gasteiger partial charge is 0.121 e. The fourth-order valence-electron chi connectivity index (χ4n) is 1.28. The second kappa shape index (κ2) is 6.15. The molecule has 0 nitrogen and oxygen atoms in total. The molecule has 1 aromatic rings. The van der Waals surface area contributed by atoms with Gasteiger partial charge in [0.15, 0.2) is 0 Å². The molecule has 2 rings (SSSR count). The van der Waals surface area contributed by atoms with Crippen molar-refractivity contribution in [2.24, 2.45) is 0 Å². The summed E-state index contributed by atoms with van der Waals surface area (Å²) in [6.45, 7) is 0. The van der Waals surface area contributed by atoms with Crippen molar-refractivity contribution in [1.29, 1.82) is 0 Å². The molecule has 1 aromatic carbocycles. The molecule has 84 valence electrons. The predicted octanol–water partition coefficient (Wildman–Crippen LogP) is 5.32. The van der Waals surface area contributed by atoms with Crippen molar-refractivity contribution >= 4 is 53.1 Å². The van der Waals surface area contributed by atoms with Crippen LogP contribution in [0.1, 0.15) is 5.56 Å². The average Bonchev–Trinajstić information content (AvgIpc) is 2.72. The lowest BCUT2D eigenvalue weighted by molar-refractivity contribution is 1.66. The van der Waals surface area contributed by atoms with Gasteiger partial charge in [-0.2, -0.15) is 0 Å². The molecule has 1 aliphatic heterocycles. The van der Waals surface area contributed by atoms with E-state index in [-0.39, 0.29) is 0 Å². The lowest BCUT2D eigenvalue weighted by Gasteiger charge is -1.96. The van der Waals surface area contributed by atoms with Crippen molar-refractivity contribution < 1.29 is 0 Å². The van der Waals surface area contributed by atoms with Gasteiger partial charge in [-0.25, -0.2) is 0 Å². The van der Waals surface area contributed by atoms with Gasteiger partial charge in [-0.3, -0.25) is 0 Å². The third-order valence-electron chi connectivity index (χ3n) is 2.01. The SMILES string of the molecule is CSC1=C(SC)SC(=Cc2ccccc2)S1. The molecule has 16 heavy (non-hydrogen) atoms. The van der Waals surface area contributed by atoms with Gasteiger partial charge in [0.25, 0.3) is 0 Å². The summed E-state index contributed by atoms with van der Waals surface area (Å²) in [5, 5.41) is 0.